The van der Waals surface area contributed by atoms with Gasteiger partial charge in [-0.15, -0.1) is 0 Å². The Labute approximate surface area is 131 Å². The first-order valence-corrected chi connectivity index (χ1v) is 9.07. The lowest BCUT2D eigenvalue weighted by atomic mass is 10.0. The number of halogens is 1. The van der Waals surface area contributed by atoms with Gasteiger partial charge in [0.1, 0.15) is 5.82 Å². The minimum absolute atomic E-state index is 0.105. The monoisotopic (exact) mass is 292 g/mol. The lowest BCUT2D eigenvalue weighted by Crippen LogP contribution is -1.87. The Kier molecular flexibility index (Phi) is 11.1. The van der Waals surface area contributed by atoms with Crippen LogP contribution in [-0.4, -0.2) is 0 Å². The Morgan fingerprint density at radius 3 is 1.76 bits per heavy atom. The smallest absolute Gasteiger partial charge is 0.123 e. The van der Waals surface area contributed by atoms with Gasteiger partial charge in [0.25, 0.3) is 0 Å². The van der Waals surface area contributed by atoms with Gasteiger partial charge in [-0.25, -0.2) is 4.39 Å². The molecule has 0 aliphatic rings. The van der Waals surface area contributed by atoms with Gasteiger partial charge in [-0.05, 0) is 30.5 Å². The summed E-state index contributed by atoms with van der Waals surface area (Å²) in [5.74, 6) is -0.105. The molecule has 0 aliphatic carbocycles. The standard InChI is InChI=1S/C20H33F/c1-2-3-4-5-6-7-8-9-10-11-12-13-15-19-16-14-17-20(21)18-19/h14,16-18H,2-13,15H2,1H3. The Morgan fingerprint density at radius 2 is 1.24 bits per heavy atom. The molecule has 0 aliphatic heterocycles. The maximum Gasteiger partial charge on any atom is 0.123 e. The van der Waals surface area contributed by atoms with Crippen LogP contribution in [0.4, 0.5) is 4.39 Å². The summed E-state index contributed by atoms with van der Waals surface area (Å²) in [5.41, 5.74) is 1.14. The molecule has 0 atom stereocenters. The van der Waals surface area contributed by atoms with Crippen molar-refractivity contribution in [1.82, 2.24) is 0 Å². The largest absolute Gasteiger partial charge is 0.207 e. The molecule has 1 heteroatoms. The van der Waals surface area contributed by atoms with Gasteiger partial charge in [0.2, 0.25) is 0 Å². The molecule has 0 saturated heterocycles. The summed E-state index contributed by atoms with van der Waals surface area (Å²) in [6.07, 6.45) is 17.5. The molecule has 0 fully saturated rings. The highest BCUT2D eigenvalue weighted by molar-refractivity contribution is 5.16. The number of unbranched alkanes of at least 4 members (excludes halogenated alkanes) is 11. The fourth-order valence-electron chi connectivity index (χ4n) is 2.86. The van der Waals surface area contributed by atoms with Crippen molar-refractivity contribution in [1.29, 1.82) is 0 Å². The normalized spacial score (nSPS) is 11.0. The van der Waals surface area contributed by atoms with E-state index in [9.17, 15) is 4.39 Å². The minimum atomic E-state index is -0.105. The quantitative estimate of drug-likeness (QED) is 0.341. The number of rotatable bonds is 13. The van der Waals surface area contributed by atoms with E-state index in [0.717, 1.165) is 12.0 Å². The van der Waals surface area contributed by atoms with Crippen LogP contribution in [0.15, 0.2) is 24.3 Å². The Morgan fingerprint density at radius 1 is 0.714 bits per heavy atom. The number of aryl methyl sites for hydroxylation is 1. The van der Waals surface area contributed by atoms with E-state index in [0.29, 0.717) is 0 Å². The average Bonchev–Trinajstić information content (AvgIpc) is 2.48. The zero-order valence-electron chi connectivity index (χ0n) is 13.9. The maximum absolute atomic E-state index is 13.0. The molecule has 0 unspecified atom stereocenters. The summed E-state index contributed by atoms with van der Waals surface area (Å²) in [6, 6.07) is 7.02. The molecule has 1 aromatic carbocycles. The van der Waals surface area contributed by atoms with Crippen LogP contribution in [0.2, 0.25) is 0 Å². The molecular weight excluding hydrogens is 259 g/mol. The van der Waals surface area contributed by atoms with Gasteiger partial charge >= 0.3 is 0 Å². The van der Waals surface area contributed by atoms with Crippen LogP contribution in [0.3, 0.4) is 0 Å². The van der Waals surface area contributed by atoms with Crippen LogP contribution in [0, 0.1) is 5.82 Å². The van der Waals surface area contributed by atoms with Gasteiger partial charge in [0.05, 0.1) is 0 Å². The molecule has 0 bridgehead atoms. The van der Waals surface area contributed by atoms with Crippen molar-refractivity contribution >= 4 is 0 Å². The third-order valence-corrected chi connectivity index (χ3v) is 4.21. The Hall–Kier alpha value is -0.850. The van der Waals surface area contributed by atoms with Crippen molar-refractivity contribution in [2.24, 2.45) is 0 Å². The fraction of sp³-hybridized carbons (Fsp3) is 0.700. The van der Waals surface area contributed by atoms with Crippen molar-refractivity contribution in [2.75, 3.05) is 0 Å². The first-order valence-electron chi connectivity index (χ1n) is 9.07. The van der Waals surface area contributed by atoms with Crippen LogP contribution >= 0.6 is 0 Å². The van der Waals surface area contributed by atoms with Gasteiger partial charge in [-0.1, -0.05) is 89.7 Å². The van der Waals surface area contributed by atoms with Crippen molar-refractivity contribution in [3.05, 3.63) is 35.6 Å². The number of hydrogen-bond acceptors (Lipinski definition) is 0. The molecule has 0 nitrogen and oxygen atoms in total. The van der Waals surface area contributed by atoms with Crippen molar-refractivity contribution in [3.8, 4) is 0 Å². The molecule has 0 radical (unpaired) electrons. The van der Waals surface area contributed by atoms with E-state index in [2.05, 4.69) is 6.92 Å². The minimum Gasteiger partial charge on any atom is -0.207 e. The summed E-state index contributed by atoms with van der Waals surface area (Å²) in [7, 11) is 0. The van der Waals surface area contributed by atoms with Gasteiger partial charge in [-0.3, -0.25) is 0 Å². The lowest BCUT2D eigenvalue weighted by molar-refractivity contribution is 0.543. The van der Waals surface area contributed by atoms with E-state index in [1.54, 1.807) is 6.07 Å². The van der Waals surface area contributed by atoms with Gasteiger partial charge in [-0.2, -0.15) is 0 Å². The van der Waals surface area contributed by atoms with Crippen molar-refractivity contribution in [2.45, 2.75) is 90.4 Å². The Balaban J connectivity index is 1.82. The molecule has 21 heavy (non-hydrogen) atoms. The molecule has 120 valence electrons. The van der Waals surface area contributed by atoms with E-state index in [1.807, 2.05) is 12.1 Å². The summed E-state index contributed by atoms with van der Waals surface area (Å²) >= 11 is 0. The zero-order chi connectivity index (χ0) is 15.2. The summed E-state index contributed by atoms with van der Waals surface area (Å²) in [5, 5.41) is 0. The highest BCUT2D eigenvalue weighted by Crippen LogP contribution is 2.13. The molecule has 0 amide bonds. The molecule has 0 aromatic heterocycles. The second-order valence-corrected chi connectivity index (χ2v) is 6.27. The highest BCUT2D eigenvalue weighted by Gasteiger charge is 1.96. The van der Waals surface area contributed by atoms with E-state index in [1.165, 1.54) is 83.1 Å². The van der Waals surface area contributed by atoms with Gasteiger partial charge in [0.15, 0.2) is 0 Å². The lowest BCUT2D eigenvalue weighted by Gasteiger charge is -2.03. The molecule has 0 N–H and O–H groups in total. The van der Waals surface area contributed by atoms with Crippen LogP contribution < -0.4 is 0 Å². The van der Waals surface area contributed by atoms with Gasteiger partial charge < -0.3 is 0 Å². The third kappa shape index (κ3) is 10.5. The van der Waals surface area contributed by atoms with Crippen molar-refractivity contribution < 1.29 is 4.39 Å². The summed E-state index contributed by atoms with van der Waals surface area (Å²) in [6.45, 7) is 2.27. The molecular formula is C20H33F. The van der Waals surface area contributed by atoms with Crippen molar-refractivity contribution in [3.63, 3.8) is 0 Å². The van der Waals surface area contributed by atoms with E-state index in [4.69, 9.17) is 0 Å². The van der Waals surface area contributed by atoms with Crippen LogP contribution in [0.1, 0.15) is 89.5 Å². The average molecular weight is 292 g/mol. The first-order chi connectivity index (χ1) is 10.3. The zero-order valence-corrected chi connectivity index (χ0v) is 13.9. The topological polar surface area (TPSA) is 0 Å². The van der Waals surface area contributed by atoms with Crippen LogP contribution in [0.25, 0.3) is 0 Å². The highest BCUT2D eigenvalue weighted by atomic mass is 19.1. The molecule has 0 saturated carbocycles. The maximum atomic E-state index is 13.0. The summed E-state index contributed by atoms with van der Waals surface area (Å²) < 4.78 is 13.0. The third-order valence-electron chi connectivity index (χ3n) is 4.21. The van der Waals surface area contributed by atoms with E-state index in [-0.39, 0.29) is 5.82 Å². The van der Waals surface area contributed by atoms with Crippen LogP contribution in [0.5, 0.6) is 0 Å². The second kappa shape index (κ2) is 12.9. The fourth-order valence-corrected chi connectivity index (χ4v) is 2.86. The summed E-state index contributed by atoms with van der Waals surface area (Å²) in [4.78, 5) is 0. The SMILES string of the molecule is CCCCCCCCCCCCCCc1cccc(F)c1. The molecule has 1 aromatic rings. The van der Waals surface area contributed by atoms with E-state index < -0.39 is 0 Å². The molecule has 1 rings (SSSR count). The second-order valence-electron chi connectivity index (χ2n) is 6.27. The predicted molar refractivity (Wildman–Crippen MR) is 91.2 cm³/mol. The first kappa shape index (κ1) is 18.2. The number of benzene rings is 1. The van der Waals surface area contributed by atoms with Crippen LogP contribution in [-0.2, 0) is 6.42 Å². The predicted octanol–water partition coefficient (Wildman–Crippen LogP) is 7.07. The Bertz CT molecular complexity index is 345. The van der Waals surface area contributed by atoms with Gasteiger partial charge in [0, 0.05) is 0 Å². The number of hydrogen-bond donors (Lipinski definition) is 0. The van der Waals surface area contributed by atoms with E-state index >= 15 is 0 Å². The molecule has 0 spiro atoms. The molecule has 0 heterocycles.